The molecule has 3 aliphatic carbocycles. The zero-order valence-electron chi connectivity index (χ0n) is 19.8. The first-order valence-electron chi connectivity index (χ1n) is 12.2. The average molecular weight is 416 g/mol. The van der Waals surface area contributed by atoms with Gasteiger partial charge in [-0.2, -0.15) is 0 Å². The number of aliphatic hydroxyl groups is 2. The Labute approximate surface area is 184 Å². The minimum atomic E-state index is -0.606. The maximum Gasteiger partial charge on any atom is 0.0811 e. The maximum absolute atomic E-state index is 10.1. The number of rotatable bonds is 6. The number of hydrogen-bond donors (Lipinski definition) is 3. The summed E-state index contributed by atoms with van der Waals surface area (Å²) in [6.45, 7) is 13.4. The third-order valence-corrected chi connectivity index (χ3v) is 8.47. The van der Waals surface area contributed by atoms with E-state index in [0.717, 1.165) is 29.4 Å². The fourth-order valence-corrected chi connectivity index (χ4v) is 6.76. The van der Waals surface area contributed by atoms with E-state index < -0.39 is 12.2 Å². The quantitative estimate of drug-likeness (QED) is 0.523. The Hall–Kier alpha value is -0.900. The lowest BCUT2D eigenvalue weighted by atomic mass is 9.60. The van der Waals surface area contributed by atoms with Gasteiger partial charge in [-0.1, -0.05) is 51.0 Å². The Bertz CT molecular complexity index is 685. The van der Waals surface area contributed by atoms with E-state index in [2.05, 4.69) is 46.4 Å². The molecule has 3 aliphatic rings. The standard InChI is InChI=1S/C27H45NO2/c1-18(8-6-14-26(3,4)28)23-12-13-24-20(9-7-15-27(23,24)5)10-11-21-16-22(29)17-25(30)19(21)2/h10-11,18,22-25,29-30H,2,6-9,12-17,28H2,1,3-5H3/b20-10+,21-11-/t18-,22-,23-,24+,25+,27-/m1/s1. The summed E-state index contributed by atoms with van der Waals surface area (Å²) in [6.07, 6.45) is 14.5. The van der Waals surface area contributed by atoms with Crippen LogP contribution in [0.4, 0.5) is 0 Å². The van der Waals surface area contributed by atoms with Crippen LogP contribution in [0.1, 0.15) is 91.9 Å². The molecule has 4 N–H and O–H groups in total. The van der Waals surface area contributed by atoms with Crippen LogP contribution in [-0.4, -0.2) is 28.0 Å². The second kappa shape index (κ2) is 9.30. The molecule has 0 aromatic heterocycles. The van der Waals surface area contributed by atoms with Crippen molar-refractivity contribution >= 4 is 0 Å². The highest BCUT2D eigenvalue weighted by atomic mass is 16.3. The van der Waals surface area contributed by atoms with E-state index in [0.29, 0.717) is 24.2 Å². The largest absolute Gasteiger partial charge is 0.393 e. The normalized spacial score (nSPS) is 38.8. The van der Waals surface area contributed by atoms with Gasteiger partial charge in [0.15, 0.2) is 0 Å². The predicted octanol–water partition coefficient (Wildman–Crippen LogP) is 5.67. The van der Waals surface area contributed by atoms with E-state index >= 15 is 0 Å². The van der Waals surface area contributed by atoms with E-state index in [4.69, 9.17) is 5.73 Å². The number of hydrogen-bond acceptors (Lipinski definition) is 3. The lowest BCUT2D eigenvalue weighted by molar-refractivity contribution is 0.0861. The smallest absolute Gasteiger partial charge is 0.0811 e. The summed E-state index contributed by atoms with van der Waals surface area (Å²) in [5, 5.41) is 20.2. The van der Waals surface area contributed by atoms with Crippen molar-refractivity contribution in [3.63, 3.8) is 0 Å². The lowest BCUT2D eigenvalue weighted by Gasteiger charge is -2.44. The number of aliphatic hydroxyl groups excluding tert-OH is 2. The summed E-state index contributed by atoms with van der Waals surface area (Å²) in [5.41, 5.74) is 9.94. The van der Waals surface area contributed by atoms with Crippen molar-refractivity contribution in [1.29, 1.82) is 0 Å². The highest BCUT2D eigenvalue weighted by Gasteiger charge is 2.50. The Kier molecular flexibility index (Phi) is 7.37. The molecule has 0 radical (unpaired) electrons. The molecule has 3 saturated carbocycles. The zero-order chi connectivity index (χ0) is 22.1. The third-order valence-electron chi connectivity index (χ3n) is 8.47. The van der Waals surface area contributed by atoms with Crippen LogP contribution in [0.2, 0.25) is 0 Å². The molecule has 0 aromatic carbocycles. The van der Waals surface area contributed by atoms with E-state index in [-0.39, 0.29) is 5.54 Å². The van der Waals surface area contributed by atoms with Crippen LogP contribution in [0.25, 0.3) is 0 Å². The van der Waals surface area contributed by atoms with Gasteiger partial charge in [-0.15, -0.1) is 0 Å². The van der Waals surface area contributed by atoms with Gasteiger partial charge >= 0.3 is 0 Å². The van der Waals surface area contributed by atoms with Gasteiger partial charge in [0.25, 0.3) is 0 Å². The van der Waals surface area contributed by atoms with Crippen molar-refractivity contribution in [3.8, 4) is 0 Å². The minimum absolute atomic E-state index is 0.0552. The molecule has 3 heteroatoms. The van der Waals surface area contributed by atoms with Crippen LogP contribution < -0.4 is 5.73 Å². The SMILES string of the molecule is C=C1/C(=C\C=C2/CCC[C@]3(C)[C@@H]([C@H](C)CCCC(C)(C)N)CC[C@@H]23)C[C@@H](O)C[C@@H]1O. The first-order valence-corrected chi connectivity index (χ1v) is 12.2. The summed E-state index contributed by atoms with van der Waals surface area (Å²) >= 11 is 0. The van der Waals surface area contributed by atoms with Gasteiger partial charge in [0.2, 0.25) is 0 Å². The van der Waals surface area contributed by atoms with Crippen LogP contribution in [0.3, 0.4) is 0 Å². The van der Waals surface area contributed by atoms with Gasteiger partial charge in [0.05, 0.1) is 12.2 Å². The van der Waals surface area contributed by atoms with E-state index in [1.54, 1.807) is 5.57 Å². The summed E-state index contributed by atoms with van der Waals surface area (Å²) in [4.78, 5) is 0. The summed E-state index contributed by atoms with van der Waals surface area (Å²) in [5.74, 6) is 2.23. The first-order chi connectivity index (χ1) is 14.0. The molecule has 0 unspecified atom stereocenters. The topological polar surface area (TPSA) is 66.5 Å². The lowest BCUT2D eigenvalue weighted by Crippen LogP contribution is -2.36. The van der Waals surface area contributed by atoms with Crippen LogP contribution in [0, 0.1) is 23.2 Å². The molecule has 3 rings (SSSR count). The van der Waals surface area contributed by atoms with Crippen LogP contribution >= 0.6 is 0 Å². The summed E-state index contributed by atoms with van der Waals surface area (Å²) in [7, 11) is 0. The zero-order valence-corrected chi connectivity index (χ0v) is 19.8. The molecule has 3 fully saturated rings. The fourth-order valence-electron chi connectivity index (χ4n) is 6.76. The van der Waals surface area contributed by atoms with Gasteiger partial charge in [-0.25, -0.2) is 0 Å². The molecule has 3 nitrogen and oxygen atoms in total. The monoisotopic (exact) mass is 415 g/mol. The van der Waals surface area contributed by atoms with E-state index in [9.17, 15) is 10.2 Å². The van der Waals surface area contributed by atoms with E-state index in [1.165, 1.54) is 44.9 Å². The van der Waals surface area contributed by atoms with Crippen molar-refractivity contribution in [2.75, 3.05) is 0 Å². The highest BCUT2D eigenvalue weighted by molar-refractivity contribution is 5.38. The molecule has 0 aliphatic heterocycles. The number of allylic oxidation sites excluding steroid dienone is 3. The summed E-state index contributed by atoms with van der Waals surface area (Å²) < 4.78 is 0. The second-order valence-corrected chi connectivity index (χ2v) is 11.5. The maximum atomic E-state index is 10.1. The molecule has 170 valence electrons. The molecule has 30 heavy (non-hydrogen) atoms. The molecule has 0 heterocycles. The van der Waals surface area contributed by atoms with Crippen molar-refractivity contribution in [2.45, 2.75) is 110 Å². The molecule has 0 saturated heterocycles. The molecule has 0 amide bonds. The molecule has 0 aromatic rings. The van der Waals surface area contributed by atoms with Gasteiger partial charge in [-0.05, 0) is 93.1 Å². The molecule has 6 atom stereocenters. The third kappa shape index (κ3) is 5.29. The number of fused-ring (bicyclic) bond motifs is 1. The summed E-state index contributed by atoms with van der Waals surface area (Å²) in [6, 6.07) is 0. The Morgan fingerprint density at radius 1 is 1.27 bits per heavy atom. The van der Waals surface area contributed by atoms with E-state index in [1.807, 2.05) is 0 Å². The Morgan fingerprint density at radius 2 is 2.00 bits per heavy atom. The first kappa shape index (κ1) is 23.8. The minimum Gasteiger partial charge on any atom is -0.393 e. The van der Waals surface area contributed by atoms with Crippen LogP contribution in [0.5, 0.6) is 0 Å². The van der Waals surface area contributed by atoms with Crippen molar-refractivity contribution in [1.82, 2.24) is 0 Å². The van der Waals surface area contributed by atoms with Gasteiger partial charge < -0.3 is 15.9 Å². The van der Waals surface area contributed by atoms with Gasteiger partial charge in [0, 0.05) is 12.0 Å². The van der Waals surface area contributed by atoms with Gasteiger partial charge in [0.1, 0.15) is 0 Å². The van der Waals surface area contributed by atoms with Crippen LogP contribution in [0.15, 0.2) is 35.5 Å². The van der Waals surface area contributed by atoms with Crippen molar-refractivity contribution in [3.05, 3.63) is 35.5 Å². The second-order valence-electron chi connectivity index (χ2n) is 11.5. The average Bonchev–Trinajstić information content (AvgIpc) is 3.00. The molecule has 0 bridgehead atoms. The molecule has 0 spiro atoms. The fraction of sp³-hybridized carbons (Fsp3) is 0.778. The van der Waals surface area contributed by atoms with Gasteiger partial charge in [-0.3, -0.25) is 0 Å². The van der Waals surface area contributed by atoms with Crippen molar-refractivity contribution in [2.24, 2.45) is 28.9 Å². The highest BCUT2D eigenvalue weighted by Crippen LogP contribution is 2.60. The van der Waals surface area contributed by atoms with Crippen LogP contribution in [-0.2, 0) is 0 Å². The van der Waals surface area contributed by atoms with Crippen molar-refractivity contribution < 1.29 is 10.2 Å². The molecular weight excluding hydrogens is 370 g/mol. The Balaban J connectivity index is 1.70. The predicted molar refractivity (Wildman–Crippen MR) is 126 cm³/mol. The number of nitrogens with two attached hydrogens (primary N) is 1. The Morgan fingerprint density at radius 3 is 2.70 bits per heavy atom. The molecular formula is C27H45NO2.